The van der Waals surface area contributed by atoms with Crippen molar-refractivity contribution in [1.82, 2.24) is 14.8 Å². The molecule has 228 valence electrons. The van der Waals surface area contributed by atoms with Crippen LogP contribution in [-0.4, -0.2) is 66.2 Å². The van der Waals surface area contributed by atoms with E-state index in [9.17, 15) is 23.2 Å². The van der Waals surface area contributed by atoms with Crippen molar-refractivity contribution in [1.29, 1.82) is 0 Å². The number of benzene rings is 2. The third-order valence-electron chi connectivity index (χ3n) is 7.57. The van der Waals surface area contributed by atoms with E-state index in [0.29, 0.717) is 36.8 Å². The van der Waals surface area contributed by atoms with Crippen LogP contribution in [0.3, 0.4) is 0 Å². The van der Waals surface area contributed by atoms with Crippen molar-refractivity contribution < 1.29 is 36.6 Å². The van der Waals surface area contributed by atoms with Crippen LogP contribution in [0, 0.1) is 23.3 Å². The molecule has 3 aromatic rings. The highest BCUT2D eigenvalue weighted by Crippen LogP contribution is 2.27. The molecule has 1 saturated heterocycles. The molecular formula is C30H30F4N4O5. The van der Waals surface area contributed by atoms with Crippen LogP contribution in [0.15, 0.2) is 47.3 Å². The standard InChI is InChI=1S/C30H30F4N4O5/c31-17-5-6-20(22(32)13-17)28(40)21-7-8-26(39)38(29(21)35)27-23(33)14-19(15-24(27)34)42-12-11-37-10-9-36-25(16-37)30(41)43-18-3-1-2-4-18/h5-8,13-15,18,25,36H,1-4,9-12,16,35H2. The number of piperazine rings is 1. The zero-order valence-corrected chi connectivity index (χ0v) is 23.1. The molecule has 0 spiro atoms. The molecule has 3 N–H and O–H groups in total. The molecule has 9 nitrogen and oxygen atoms in total. The Morgan fingerprint density at radius 3 is 2.35 bits per heavy atom. The quantitative estimate of drug-likeness (QED) is 0.218. The largest absolute Gasteiger partial charge is 0.492 e. The van der Waals surface area contributed by atoms with Crippen LogP contribution in [0.5, 0.6) is 5.75 Å². The highest BCUT2D eigenvalue weighted by Gasteiger charge is 2.29. The summed E-state index contributed by atoms with van der Waals surface area (Å²) in [4.78, 5) is 40.0. The fourth-order valence-electron chi connectivity index (χ4n) is 5.35. The first kappa shape index (κ1) is 30.2. The average Bonchev–Trinajstić information content (AvgIpc) is 3.47. The Kier molecular flexibility index (Phi) is 9.11. The van der Waals surface area contributed by atoms with Crippen LogP contribution in [0.2, 0.25) is 0 Å². The lowest BCUT2D eigenvalue weighted by molar-refractivity contribution is -0.152. The molecule has 1 unspecified atom stereocenters. The number of ketones is 1. The molecule has 1 atom stereocenters. The first-order valence-electron chi connectivity index (χ1n) is 13.9. The van der Waals surface area contributed by atoms with E-state index in [-0.39, 0.29) is 24.4 Å². The van der Waals surface area contributed by atoms with E-state index >= 15 is 8.78 Å². The number of esters is 1. The van der Waals surface area contributed by atoms with Crippen molar-refractivity contribution in [3.63, 3.8) is 0 Å². The van der Waals surface area contributed by atoms with E-state index in [4.69, 9.17) is 15.2 Å². The summed E-state index contributed by atoms with van der Waals surface area (Å²) in [6.45, 7) is 2.02. The number of hydrogen-bond donors (Lipinski definition) is 2. The number of ether oxygens (including phenoxy) is 2. The van der Waals surface area contributed by atoms with Crippen molar-refractivity contribution in [3.8, 4) is 11.4 Å². The zero-order chi connectivity index (χ0) is 30.7. The number of pyridine rings is 1. The van der Waals surface area contributed by atoms with Gasteiger partial charge in [0, 0.05) is 50.4 Å². The summed E-state index contributed by atoms with van der Waals surface area (Å²) >= 11 is 0. The Labute approximate surface area is 244 Å². The molecule has 2 fully saturated rings. The molecule has 0 amide bonds. The molecule has 43 heavy (non-hydrogen) atoms. The topological polar surface area (TPSA) is 116 Å². The lowest BCUT2D eigenvalue weighted by Crippen LogP contribution is -2.55. The molecule has 1 aliphatic carbocycles. The molecule has 1 saturated carbocycles. The van der Waals surface area contributed by atoms with Crippen molar-refractivity contribution in [2.45, 2.75) is 37.8 Å². The smallest absolute Gasteiger partial charge is 0.324 e. The zero-order valence-electron chi connectivity index (χ0n) is 23.1. The maximum atomic E-state index is 15.2. The average molecular weight is 603 g/mol. The summed E-state index contributed by atoms with van der Waals surface area (Å²) in [5.74, 6) is -6.55. The van der Waals surface area contributed by atoms with E-state index in [1.165, 1.54) is 0 Å². The van der Waals surface area contributed by atoms with Gasteiger partial charge in [0.2, 0.25) is 0 Å². The van der Waals surface area contributed by atoms with Crippen molar-refractivity contribution in [3.05, 3.63) is 87.2 Å². The van der Waals surface area contributed by atoms with Gasteiger partial charge in [0.05, 0.1) is 11.1 Å². The molecule has 1 aromatic heterocycles. The van der Waals surface area contributed by atoms with Gasteiger partial charge >= 0.3 is 5.97 Å². The van der Waals surface area contributed by atoms with Crippen LogP contribution in [0.1, 0.15) is 41.6 Å². The Balaban J connectivity index is 1.27. The van der Waals surface area contributed by atoms with Gasteiger partial charge in [-0.25, -0.2) is 17.6 Å². The van der Waals surface area contributed by atoms with Crippen molar-refractivity contribution in [2.24, 2.45) is 0 Å². The number of nitrogens with one attached hydrogen (secondary N) is 1. The van der Waals surface area contributed by atoms with Gasteiger partial charge in [0.1, 0.15) is 47.6 Å². The maximum absolute atomic E-state index is 15.2. The van der Waals surface area contributed by atoms with Gasteiger partial charge in [-0.2, -0.15) is 0 Å². The molecule has 0 radical (unpaired) electrons. The van der Waals surface area contributed by atoms with E-state index < -0.39 is 63.3 Å². The fourth-order valence-corrected chi connectivity index (χ4v) is 5.35. The van der Waals surface area contributed by atoms with Crippen LogP contribution in [0.4, 0.5) is 23.4 Å². The summed E-state index contributed by atoms with van der Waals surface area (Å²) in [6, 6.07) is 5.40. The van der Waals surface area contributed by atoms with E-state index in [1.54, 1.807) is 0 Å². The first-order valence-corrected chi connectivity index (χ1v) is 13.9. The first-order chi connectivity index (χ1) is 20.6. The summed E-state index contributed by atoms with van der Waals surface area (Å²) < 4.78 is 69.6. The van der Waals surface area contributed by atoms with Gasteiger partial charge in [0.25, 0.3) is 5.56 Å². The summed E-state index contributed by atoms with van der Waals surface area (Å²) in [5.41, 5.74) is 3.24. The van der Waals surface area contributed by atoms with Gasteiger partial charge in [-0.05, 0) is 43.9 Å². The number of aromatic nitrogens is 1. The molecule has 2 heterocycles. The lowest BCUT2D eigenvalue weighted by Gasteiger charge is -2.32. The van der Waals surface area contributed by atoms with Gasteiger partial charge in [-0.3, -0.25) is 23.9 Å². The number of nitrogens with two attached hydrogens (primary N) is 1. The SMILES string of the molecule is Nc1c(C(=O)c2ccc(F)cc2F)ccc(=O)n1-c1c(F)cc(OCCN2CCNC(C(=O)OC3CCCC3)C2)cc1F. The summed E-state index contributed by atoms with van der Waals surface area (Å²) in [5, 5.41) is 3.15. The van der Waals surface area contributed by atoms with E-state index in [2.05, 4.69) is 5.32 Å². The predicted molar refractivity (Wildman–Crippen MR) is 148 cm³/mol. The molecule has 1 aliphatic heterocycles. The molecular weight excluding hydrogens is 572 g/mol. The van der Waals surface area contributed by atoms with Crippen LogP contribution in [-0.2, 0) is 9.53 Å². The number of nitrogen functional groups attached to an aromatic ring is 1. The van der Waals surface area contributed by atoms with Crippen LogP contribution in [0.25, 0.3) is 5.69 Å². The van der Waals surface area contributed by atoms with Gasteiger partial charge in [0.15, 0.2) is 17.4 Å². The molecule has 0 bridgehead atoms. The highest BCUT2D eigenvalue weighted by atomic mass is 19.1. The lowest BCUT2D eigenvalue weighted by atomic mass is 10.0. The second-order valence-electron chi connectivity index (χ2n) is 10.5. The fraction of sp³-hybridized carbons (Fsp3) is 0.367. The molecule has 13 heteroatoms. The Morgan fingerprint density at radius 2 is 1.65 bits per heavy atom. The third kappa shape index (κ3) is 6.73. The molecule has 2 aliphatic rings. The second-order valence-corrected chi connectivity index (χ2v) is 10.5. The van der Waals surface area contributed by atoms with Gasteiger partial charge in [-0.1, -0.05) is 0 Å². The number of hydrogen-bond acceptors (Lipinski definition) is 8. The summed E-state index contributed by atoms with van der Waals surface area (Å²) in [6.07, 6.45) is 3.83. The summed E-state index contributed by atoms with van der Waals surface area (Å²) in [7, 11) is 0. The third-order valence-corrected chi connectivity index (χ3v) is 7.57. The van der Waals surface area contributed by atoms with Crippen LogP contribution < -0.4 is 21.3 Å². The number of anilines is 1. The number of nitrogens with zero attached hydrogens (tertiary/aromatic N) is 2. The highest BCUT2D eigenvalue weighted by molar-refractivity contribution is 6.11. The normalized spacial score (nSPS) is 17.6. The predicted octanol–water partition coefficient (Wildman–Crippen LogP) is 3.35. The Morgan fingerprint density at radius 1 is 0.953 bits per heavy atom. The number of halogens is 4. The Bertz CT molecular complexity index is 1570. The second kappa shape index (κ2) is 13.0. The van der Waals surface area contributed by atoms with Crippen LogP contribution >= 0.6 is 0 Å². The molecule has 2 aromatic carbocycles. The monoisotopic (exact) mass is 602 g/mol. The van der Waals surface area contributed by atoms with E-state index in [0.717, 1.165) is 62.1 Å². The minimum atomic E-state index is -1.20. The maximum Gasteiger partial charge on any atom is 0.324 e. The number of carbonyl (C=O) groups excluding carboxylic acids is 2. The number of carbonyl (C=O) groups is 2. The van der Waals surface area contributed by atoms with E-state index in [1.807, 2.05) is 4.90 Å². The minimum Gasteiger partial charge on any atom is -0.492 e. The molecule has 5 rings (SSSR count). The van der Waals surface area contributed by atoms with Gasteiger partial charge < -0.3 is 20.5 Å². The van der Waals surface area contributed by atoms with Crippen molar-refractivity contribution >= 4 is 17.6 Å². The van der Waals surface area contributed by atoms with Crippen molar-refractivity contribution in [2.75, 3.05) is 38.5 Å². The number of rotatable bonds is 9. The minimum absolute atomic E-state index is 0.0345. The Hall–Kier alpha value is -4.23. The van der Waals surface area contributed by atoms with Gasteiger partial charge in [-0.15, -0.1) is 0 Å².